The van der Waals surface area contributed by atoms with Gasteiger partial charge in [-0.05, 0) is 24.1 Å². The number of hydrogen-bond donors (Lipinski definition) is 1. The van der Waals surface area contributed by atoms with Crippen LogP contribution in [-0.2, 0) is 11.2 Å². The van der Waals surface area contributed by atoms with Gasteiger partial charge in [-0.25, -0.2) is 0 Å². The fourth-order valence-corrected chi connectivity index (χ4v) is 1.67. The second-order valence-corrected chi connectivity index (χ2v) is 4.07. The van der Waals surface area contributed by atoms with Gasteiger partial charge in [0.25, 0.3) is 0 Å². The summed E-state index contributed by atoms with van der Waals surface area (Å²) in [4.78, 5) is 2.33. The van der Waals surface area contributed by atoms with Crippen LogP contribution in [0.5, 0.6) is 0 Å². The lowest BCUT2D eigenvalue weighted by Crippen LogP contribution is -2.29. The molecule has 0 saturated heterocycles. The Morgan fingerprint density at radius 1 is 1.29 bits per heavy atom. The van der Waals surface area contributed by atoms with Gasteiger partial charge in [-0.15, -0.1) is 6.58 Å². The van der Waals surface area contributed by atoms with Crippen molar-refractivity contribution >= 4 is 5.69 Å². The number of benzene rings is 1. The Kier molecular flexibility index (Phi) is 6.37. The molecule has 0 spiro atoms. The lowest BCUT2D eigenvalue weighted by molar-refractivity contribution is 0.155. The molecule has 0 aliphatic heterocycles. The second-order valence-electron chi connectivity index (χ2n) is 4.07. The molecule has 0 amide bonds. The molecule has 0 fully saturated rings. The maximum Gasteiger partial charge on any atom is 0.0589 e. The summed E-state index contributed by atoms with van der Waals surface area (Å²) in [6, 6.07) is 8.06. The first-order valence-electron chi connectivity index (χ1n) is 5.93. The quantitative estimate of drug-likeness (QED) is 0.552. The van der Waals surface area contributed by atoms with Crippen LogP contribution >= 0.6 is 0 Å². The molecule has 17 heavy (non-hydrogen) atoms. The topological polar surface area (TPSA) is 38.5 Å². The van der Waals surface area contributed by atoms with E-state index in [4.69, 9.17) is 10.5 Å². The summed E-state index contributed by atoms with van der Waals surface area (Å²) in [5, 5.41) is 0. The van der Waals surface area contributed by atoms with Crippen molar-refractivity contribution in [2.45, 2.75) is 6.42 Å². The standard InChI is InChI=1S/C14H22N2O/c1-3-9-16(11-12-17-2)10-8-13-4-6-14(15)7-5-13/h3-7H,1,8-12,15H2,2H3. The number of nitrogens with two attached hydrogens (primary N) is 1. The Bertz CT molecular complexity index is 321. The maximum absolute atomic E-state index is 5.66. The number of ether oxygens (including phenoxy) is 1. The van der Waals surface area contributed by atoms with Gasteiger partial charge in [0.2, 0.25) is 0 Å². The van der Waals surface area contributed by atoms with Gasteiger partial charge in [0, 0.05) is 32.4 Å². The van der Waals surface area contributed by atoms with E-state index >= 15 is 0 Å². The van der Waals surface area contributed by atoms with E-state index in [1.165, 1.54) is 5.56 Å². The molecule has 1 aromatic carbocycles. The van der Waals surface area contributed by atoms with Gasteiger partial charge in [-0.1, -0.05) is 18.2 Å². The van der Waals surface area contributed by atoms with E-state index in [9.17, 15) is 0 Å². The fourth-order valence-electron chi connectivity index (χ4n) is 1.67. The van der Waals surface area contributed by atoms with Crippen LogP contribution in [0.2, 0.25) is 0 Å². The van der Waals surface area contributed by atoms with Crippen molar-refractivity contribution in [2.75, 3.05) is 39.1 Å². The highest BCUT2D eigenvalue weighted by Gasteiger charge is 2.02. The third kappa shape index (κ3) is 5.52. The highest BCUT2D eigenvalue weighted by molar-refractivity contribution is 5.39. The first kappa shape index (κ1) is 13.7. The smallest absolute Gasteiger partial charge is 0.0589 e. The predicted octanol–water partition coefficient (Wildman–Crippen LogP) is 1.95. The maximum atomic E-state index is 5.66. The first-order valence-corrected chi connectivity index (χ1v) is 5.93. The van der Waals surface area contributed by atoms with Crippen molar-refractivity contribution < 1.29 is 4.74 Å². The van der Waals surface area contributed by atoms with Crippen molar-refractivity contribution in [3.63, 3.8) is 0 Å². The first-order chi connectivity index (χ1) is 8.26. The van der Waals surface area contributed by atoms with Crippen molar-refractivity contribution in [2.24, 2.45) is 0 Å². The largest absolute Gasteiger partial charge is 0.399 e. The number of rotatable bonds is 8. The van der Waals surface area contributed by atoms with Crippen LogP contribution in [0.15, 0.2) is 36.9 Å². The molecule has 2 N–H and O–H groups in total. The van der Waals surface area contributed by atoms with Gasteiger partial charge >= 0.3 is 0 Å². The van der Waals surface area contributed by atoms with E-state index in [2.05, 4.69) is 23.6 Å². The number of nitrogens with zero attached hydrogens (tertiary/aromatic N) is 1. The summed E-state index contributed by atoms with van der Waals surface area (Å²) in [5.41, 5.74) is 7.78. The van der Waals surface area contributed by atoms with E-state index < -0.39 is 0 Å². The van der Waals surface area contributed by atoms with E-state index in [0.29, 0.717) is 0 Å². The molecule has 0 heterocycles. The average molecular weight is 234 g/mol. The van der Waals surface area contributed by atoms with Gasteiger partial charge in [0.15, 0.2) is 0 Å². The van der Waals surface area contributed by atoms with E-state index in [0.717, 1.165) is 38.3 Å². The zero-order valence-corrected chi connectivity index (χ0v) is 10.6. The Balaban J connectivity index is 2.39. The molecule has 0 bridgehead atoms. The molecule has 0 aromatic heterocycles. The third-order valence-electron chi connectivity index (χ3n) is 2.70. The number of methoxy groups -OCH3 is 1. The monoisotopic (exact) mass is 234 g/mol. The number of anilines is 1. The van der Waals surface area contributed by atoms with Crippen molar-refractivity contribution in [1.82, 2.24) is 4.90 Å². The van der Waals surface area contributed by atoms with Crippen LogP contribution in [0, 0.1) is 0 Å². The van der Waals surface area contributed by atoms with E-state index in [1.807, 2.05) is 18.2 Å². The molecule has 94 valence electrons. The van der Waals surface area contributed by atoms with Crippen LogP contribution in [0.1, 0.15) is 5.56 Å². The normalized spacial score (nSPS) is 10.7. The zero-order valence-electron chi connectivity index (χ0n) is 10.6. The second kappa shape index (κ2) is 7.87. The molecule has 1 aromatic rings. The summed E-state index contributed by atoms with van der Waals surface area (Å²) in [7, 11) is 1.73. The van der Waals surface area contributed by atoms with Gasteiger partial charge < -0.3 is 10.5 Å². The summed E-state index contributed by atoms with van der Waals surface area (Å²) < 4.78 is 5.09. The van der Waals surface area contributed by atoms with Crippen molar-refractivity contribution in [3.8, 4) is 0 Å². The van der Waals surface area contributed by atoms with E-state index in [-0.39, 0.29) is 0 Å². The molecule has 0 aliphatic rings. The molecule has 0 aliphatic carbocycles. The van der Waals surface area contributed by atoms with Crippen LogP contribution in [0.25, 0.3) is 0 Å². The fraction of sp³-hybridized carbons (Fsp3) is 0.429. The minimum Gasteiger partial charge on any atom is -0.399 e. The Labute approximate surface area is 104 Å². The molecule has 1 rings (SSSR count). The van der Waals surface area contributed by atoms with Crippen molar-refractivity contribution in [1.29, 1.82) is 0 Å². The van der Waals surface area contributed by atoms with Gasteiger partial charge in [0.1, 0.15) is 0 Å². The summed E-state index contributed by atoms with van der Waals surface area (Å²) >= 11 is 0. The predicted molar refractivity (Wildman–Crippen MR) is 73.1 cm³/mol. The molecular weight excluding hydrogens is 212 g/mol. The molecule has 0 unspecified atom stereocenters. The van der Waals surface area contributed by atoms with Crippen LogP contribution < -0.4 is 5.73 Å². The van der Waals surface area contributed by atoms with Gasteiger partial charge in [-0.2, -0.15) is 0 Å². The minimum atomic E-state index is 0.760. The van der Waals surface area contributed by atoms with Crippen LogP contribution in [-0.4, -0.2) is 38.3 Å². The molecular formula is C14H22N2O. The lowest BCUT2D eigenvalue weighted by Gasteiger charge is -2.20. The molecule has 3 heteroatoms. The molecule has 0 saturated carbocycles. The highest BCUT2D eigenvalue weighted by atomic mass is 16.5. The van der Waals surface area contributed by atoms with E-state index in [1.54, 1.807) is 7.11 Å². The molecule has 0 radical (unpaired) electrons. The zero-order chi connectivity index (χ0) is 12.5. The lowest BCUT2D eigenvalue weighted by atomic mass is 10.1. The Morgan fingerprint density at radius 3 is 2.59 bits per heavy atom. The highest BCUT2D eigenvalue weighted by Crippen LogP contribution is 2.06. The third-order valence-corrected chi connectivity index (χ3v) is 2.70. The number of nitrogen functional groups attached to an aromatic ring is 1. The average Bonchev–Trinajstić information content (AvgIpc) is 2.35. The Morgan fingerprint density at radius 2 is 2.00 bits per heavy atom. The minimum absolute atomic E-state index is 0.760. The van der Waals surface area contributed by atoms with Crippen molar-refractivity contribution in [3.05, 3.63) is 42.5 Å². The van der Waals surface area contributed by atoms with Gasteiger partial charge in [0.05, 0.1) is 6.61 Å². The molecule has 3 nitrogen and oxygen atoms in total. The van der Waals surface area contributed by atoms with Crippen LogP contribution in [0.3, 0.4) is 0 Å². The molecule has 0 atom stereocenters. The van der Waals surface area contributed by atoms with Gasteiger partial charge in [-0.3, -0.25) is 4.90 Å². The summed E-state index contributed by atoms with van der Waals surface area (Å²) in [6.07, 6.45) is 2.95. The van der Waals surface area contributed by atoms with Crippen LogP contribution in [0.4, 0.5) is 5.69 Å². The summed E-state index contributed by atoms with van der Waals surface area (Å²) in [6.45, 7) is 7.39. The number of hydrogen-bond acceptors (Lipinski definition) is 3. The SMILES string of the molecule is C=CCN(CCOC)CCc1ccc(N)cc1. The summed E-state index contributed by atoms with van der Waals surface area (Å²) in [5.74, 6) is 0. The Hall–Kier alpha value is -1.32.